The van der Waals surface area contributed by atoms with Crippen LogP contribution in [0.5, 0.6) is 0 Å². The van der Waals surface area contributed by atoms with E-state index in [-0.39, 0.29) is 57.9 Å². The van der Waals surface area contributed by atoms with Crippen molar-refractivity contribution in [3.63, 3.8) is 0 Å². The standard InChI is InChI=1S/Fe.5NO3.Nd/c;5*2-1(3)4;/q+2;5*-1;+3. The maximum Gasteiger partial charge on any atom is 3.00 e. The minimum Gasteiger partial charge on any atom is -0.356 e. The van der Waals surface area contributed by atoms with Gasteiger partial charge in [0.25, 0.3) is 0 Å². The van der Waals surface area contributed by atoms with Crippen LogP contribution in [0.3, 0.4) is 0 Å². The monoisotopic (exact) mass is 508 g/mol. The Morgan fingerprint density at radius 2 is 0.364 bits per heavy atom. The first kappa shape index (κ1) is 42.7. The van der Waals surface area contributed by atoms with Crippen LogP contribution in [0, 0.1) is 117 Å². The van der Waals surface area contributed by atoms with Crippen LogP contribution in [-0.2, 0) is 17.1 Å². The molecular weight excluding hydrogens is 510 g/mol. The number of nitrogens with zero attached hydrogens (tertiary/aromatic N) is 5. The Labute approximate surface area is 159 Å². The molecule has 22 heavy (non-hydrogen) atoms. The summed E-state index contributed by atoms with van der Waals surface area (Å²) < 4.78 is 0. The largest absolute Gasteiger partial charge is 3.00 e. The summed E-state index contributed by atoms with van der Waals surface area (Å²) in [6.07, 6.45) is 0. The van der Waals surface area contributed by atoms with Crippen LogP contribution in [0.1, 0.15) is 0 Å². The number of rotatable bonds is 0. The van der Waals surface area contributed by atoms with Gasteiger partial charge in [0, 0.05) is 0 Å². The molecule has 0 unspecified atom stereocenters. The Balaban J connectivity index is -0.0000000250. The molecule has 0 saturated heterocycles. The van der Waals surface area contributed by atoms with Crippen molar-refractivity contribution in [2.24, 2.45) is 0 Å². The van der Waals surface area contributed by atoms with Gasteiger partial charge in [-0.3, -0.25) is 0 Å². The van der Waals surface area contributed by atoms with Gasteiger partial charge in [0.15, 0.2) is 0 Å². The minimum atomic E-state index is -1.75. The van der Waals surface area contributed by atoms with Crippen LogP contribution < -0.4 is 0 Å². The zero-order valence-corrected chi connectivity index (χ0v) is 13.5. The van der Waals surface area contributed by atoms with Crippen molar-refractivity contribution in [1.29, 1.82) is 0 Å². The molecule has 0 aromatic heterocycles. The van der Waals surface area contributed by atoms with Gasteiger partial charge in [-0.2, -0.15) is 0 Å². The van der Waals surface area contributed by atoms with Crippen molar-refractivity contribution >= 4 is 0 Å². The van der Waals surface area contributed by atoms with Crippen LogP contribution in [0.2, 0.25) is 0 Å². The van der Waals surface area contributed by atoms with E-state index in [9.17, 15) is 0 Å². The summed E-state index contributed by atoms with van der Waals surface area (Å²) in [7, 11) is 0. The van der Waals surface area contributed by atoms with Crippen molar-refractivity contribution < 1.29 is 83.3 Å². The van der Waals surface area contributed by atoms with E-state index in [1.165, 1.54) is 0 Å². The second-order valence-electron chi connectivity index (χ2n) is 1.12. The molecule has 0 atom stereocenters. The van der Waals surface area contributed by atoms with Crippen LogP contribution >= 0.6 is 0 Å². The van der Waals surface area contributed by atoms with Crippen molar-refractivity contribution in [2.75, 3.05) is 0 Å². The third-order valence-electron chi connectivity index (χ3n) is 0. The molecule has 0 aromatic rings. The summed E-state index contributed by atoms with van der Waals surface area (Å²) in [6.45, 7) is 0. The number of hydrogen-bond acceptors (Lipinski definition) is 15. The molecule has 0 aliphatic heterocycles. The van der Waals surface area contributed by atoms with Crippen molar-refractivity contribution in [2.45, 2.75) is 0 Å². The Morgan fingerprint density at radius 1 is 0.364 bits per heavy atom. The van der Waals surface area contributed by atoms with Gasteiger partial charge in [0.05, 0.1) is 25.4 Å². The average molecular weight is 510 g/mol. The van der Waals surface area contributed by atoms with Gasteiger partial charge in [0.1, 0.15) is 0 Å². The quantitative estimate of drug-likeness (QED) is 0.210. The first-order chi connectivity index (χ1) is 8.66. The summed E-state index contributed by atoms with van der Waals surface area (Å²) in [6, 6.07) is 0. The first-order valence-electron chi connectivity index (χ1n) is 2.74. The van der Waals surface area contributed by atoms with E-state index in [0.29, 0.717) is 0 Å². The van der Waals surface area contributed by atoms with Crippen LogP contribution in [0.15, 0.2) is 0 Å². The molecule has 0 amide bonds. The van der Waals surface area contributed by atoms with Gasteiger partial charge in [-0.1, -0.05) is 0 Å². The van der Waals surface area contributed by atoms with Crippen molar-refractivity contribution in [3.05, 3.63) is 76.6 Å². The summed E-state index contributed by atoms with van der Waals surface area (Å²) in [5, 5.41) is 73.8. The molecule has 20 nitrogen and oxygen atoms in total. The fourth-order valence-corrected chi connectivity index (χ4v) is 0. The Hall–Kier alpha value is -2.13. The Bertz CT molecular complexity index is 213. The van der Waals surface area contributed by atoms with Crippen LogP contribution in [0.25, 0.3) is 0 Å². The summed E-state index contributed by atoms with van der Waals surface area (Å²) in [5.41, 5.74) is 0. The molecule has 0 saturated carbocycles. The summed E-state index contributed by atoms with van der Waals surface area (Å²) in [4.78, 5) is 41.2. The van der Waals surface area contributed by atoms with Gasteiger partial charge >= 0.3 is 57.9 Å². The van der Waals surface area contributed by atoms with E-state index in [4.69, 9.17) is 76.6 Å². The fourth-order valence-electron chi connectivity index (χ4n) is 0. The molecule has 0 heterocycles. The zero-order valence-electron chi connectivity index (χ0n) is 9.21. The molecule has 127 valence electrons. The topological polar surface area (TPSA) is 331 Å². The fraction of sp³-hybridized carbons (Fsp3) is 0. The normalized spacial score (nSPS) is 5.45. The predicted molar refractivity (Wildman–Crippen MR) is 51.8 cm³/mol. The van der Waals surface area contributed by atoms with Gasteiger partial charge in [0.2, 0.25) is 0 Å². The summed E-state index contributed by atoms with van der Waals surface area (Å²) in [5.74, 6) is 0. The molecule has 22 heteroatoms. The third kappa shape index (κ3) is 1120. The molecule has 0 rings (SSSR count). The predicted octanol–water partition coefficient (Wildman–Crippen LogP) is -1.20. The molecule has 0 spiro atoms. The minimum absolute atomic E-state index is 0. The van der Waals surface area contributed by atoms with Gasteiger partial charge in [-0.25, -0.2) is 0 Å². The van der Waals surface area contributed by atoms with Gasteiger partial charge < -0.3 is 76.6 Å². The maximum atomic E-state index is 8.25. The molecule has 0 N–H and O–H groups in total. The molecule has 0 aliphatic rings. The van der Waals surface area contributed by atoms with E-state index >= 15 is 0 Å². The number of hydrogen-bond donors (Lipinski definition) is 0. The van der Waals surface area contributed by atoms with Crippen LogP contribution in [0.4, 0.5) is 0 Å². The summed E-state index contributed by atoms with van der Waals surface area (Å²) >= 11 is 0. The smallest absolute Gasteiger partial charge is 0.356 e. The van der Waals surface area contributed by atoms with Crippen molar-refractivity contribution in [1.82, 2.24) is 0 Å². The van der Waals surface area contributed by atoms with Gasteiger partial charge in [-0.15, -0.1) is 0 Å². The Morgan fingerprint density at radius 3 is 0.364 bits per heavy atom. The molecule has 0 bridgehead atoms. The Kier molecular flexibility index (Phi) is 70.6. The van der Waals surface area contributed by atoms with E-state index in [0.717, 1.165) is 0 Å². The molecule has 0 fully saturated rings. The molecule has 0 aromatic carbocycles. The second-order valence-corrected chi connectivity index (χ2v) is 1.12. The molecule has 0 aliphatic carbocycles. The van der Waals surface area contributed by atoms with Crippen LogP contribution in [-0.4, -0.2) is 25.4 Å². The van der Waals surface area contributed by atoms with E-state index in [1.807, 2.05) is 0 Å². The average Bonchev–Trinajstić information content (AvgIpc) is 1.94. The molecule has 1 radical (unpaired) electrons. The maximum absolute atomic E-state index is 8.25. The molecular formula is FeN5NdO15. The SMILES string of the molecule is O=[N+]([O-])[O-].O=[N+]([O-])[O-].O=[N+]([O-])[O-].O=[N+]([O-])[O-].O=[N+]([O-])[O-].[Fe+2].[Nd+3]. The van der Waals surface area contributed by atoms with E-state index < -0.39 is 25.4 Å². The van der Waals surface area contributed by atoms with E-state index in [2.05, 4.69) is 0 Å². The first-order valence-corrected chi connectivity index (χ1v) is 2.74. The van der Waals surface area contributed by atoms with Gasteiger partial charge in [-0.05, 0) is 0 Å². The third-order valence-corrected chi connectivity index (χ3v) is 0. The second kappa shape index (κ2) is 36.4. The van der Waals surface area contributed by atoms with E-state index in [1.54, 1.807) is 0 Å². The zero-order chi connectivity index (χ0) is 17.9. The van der Waals surface area contributed by atoms with Crippen molar-refractivity contribution in [3.8, 4) is 0 Å².